The lowest BCUT2D eigenvalue weighted by atomic mass is 9.71. The summed E-state index contributed by atoms with van der Waals surface area (Å²) >= 11 is 0. The number of piperidine rings is 1. The summed E-state index contributed by atoms with van der Waals surface area (Å²) in [4.78, 5) is 10.7. The number of hydrogen-bond donors (Lipinski definition) is 1. The minimum Gasteiger partial charge on any atom is -0.317 e. The van der Waals surface area contributed by atoms with Crippen molar-refractivity contribution < 1.29 is 4.79 Å². The molecule has 2 aliphatic rings. The van der Waals surface area contributed by atoms with E-state index in [2.05, 4.69) is 5.32 Å². The third-order valence-corrected chi connectivity index (χ3v) is 3.03. The van der Waals surface area contributed by atoms with Crippen LogP contribution in [0.4, 0.5) is 0 Å². The van der Waals surface area contributed by atoms with Gasteiger partial charge in [-0.3, -0.25) is 4.79 Å². The van der Waals surface area contributed by atoms with Crippen LogP contribution in [-0.2, 0) is 4.79 Å². The molecule has 0 bridgehead atoms. The van der Waals surface area contributed by atoms with Crippen LogP contribution < -0.4 is 5.32 Å². The van der Waals surface area contributed by atoms with Crippen LogP contribution in [0.5, 0.6) is 0 Å². The van der Waals surface area contributed by atoms with E-state index in [4.69, 9.17) is 0 Å². The van der Waals surface area contributed by atoms with Crippen molar-refractivity contribution in [2.75, 3.05) is 13.1 Å². The Bertz CT molecular complexity index is 153. The molecule has 0 amide bonds. The smallest absolute Gasteiger partial charge is 0.133 e. The Morgan fingerprint density at radius 3 is 2.27 bits per heavy atom. The number of nitrogens with one attached hydrogen (secondary N) is 1. The lowest BCUT2D eigenvalue weighted by Gasteiger charge is -2.35. The second-order valence-corrected chi connectivity index (χ2v) is 3.79. The molecular formula is C9H15NO. The summed E-state index contributed by atoms with van der Waals surface area (Å²) < 4.78 is 0. The van der Waals surface area contributed by atoms with Crippen LogP contribution in [0.2, 0.25) is 0 Å². The van der Waals surface area contributed by atoms with Crippen LogP contribution in [0, 0.1) is 11.8 Å². The van der Waals surface area contributed by atoms with Gasteiger partial charge in [-0.15, -0.1) is 0 Å². The first-order valence-electron chi connectivity index (χ1n) is 4.58. The van der Waals surface area contributed by atoms with Gasteiger partial charge in [0.15, 0.2) is 0 Å². The maximum absolute atomic E-state index is 10.7. The molecule has 2 rings (SSSR count). The van der Waals surface area contributed by atoms with Gasteiger partial charge < -0.3 is 5.32 Å². The normalized spacial score (nSPS) is 28.5. The largest absolute Gasteiger partial charge is 0.317 e. The Hall–Kier alpha value is -0.370. The monoisotopic (exact) mass is 153 g/mol. The van der Waals surface area contributed by atoms with Gasteiger partial charge in [0, 0.05) is 12.8 Å². The Morgan fingerprint density at radius 1 is 1.09 bits per heavy atom. The summed E-state index contributed by atoms with van der Waals surface area (Å²) in [6, 6.07) is 0. The van der Waals surface area contributed by atoms with Gasteiger partial charge in [-0.2, -0.15) is 0 Å². The maximum Gasteiger partial charge on any atom is 0.133 e. The molecule has 2 fully saturated rings. The van der Waals surface area contributed by atoms with E-state index in [0.29, 0.717) is 5.78 Å². The molecule has 0 atom stereocenters. The molecule has 0 aromatic heterocycles. The molecule has 2 nitrogen and oxygen atoms in total. The molecule has 1 aliphatic carbocycles. The molecule has 1 saturated carbocycles. The van der Waals surface area contributed by atoms with Crippen molar-refractivity contribution in [3.8, 4) is 0 Å². The summed E-state index contributed by atoms with van der Waals surface area (Å²) in [5.41, 5.74) is 0. The quantitative estimate of drug-likeness (QED) is 0.608. The molecule has 1 aliphatic heterocycles. The summed E-state index contributed by atoms with van der Waals surface area (Å²) in [6.45, 7) is 2.32. The average molecular weight is 153 g/mol. The fourth-order valence-corrected chi connectivity index (χ4v) is 2.17. The van der Waals surface area contributed by atoms with Crippen molar-refractivity contribution in [3.63, 3.8) is 0 Å². The predicted octanol–water partition coefficient (Wildman–Crippen LogP) is 0.965. The highest BCUT2D eigenvalue weighted by Gasteiger charge is 2.33. The van der Waals surface area contributed by atoms with Crippen LogP contribution in [0.1, 0.15) is 25.7 Å². The van der Waals surface area contributed by atoms with Crippen LogP contribution in [0.15, 0.2) is 0 Å². The topological polar surface area (TPSA) is 29.1 Å². The van der Waals surface area contributed by atoms with Gasteiger partial charge in [0.25, 0.3) is 0 Å². The first-order chi connectivity index (χ1) is 5.36. The molecule has 1 saturated heterocycles. The molecule has 0 aromatic rings. The van der Waals surface area contributed by atoms with E-state index >= 15 is 0 Å². The van der Waals surface area contributed by atoms with Crippen molar-refractivity contribution in [3.05, 3.63) is 0 Å². The van der Waals surface area contributed by atoms with Crippen molar-refractivity contribution in [2.24, 2.45) is 11.8 Å². The van der Waals surface area contributed by atoms with Gasteiger partial charge in [0.05, 0.1) is 0 Å². The van der Waals surface area contributed by atoms with E-state index in [9.17, 15) is 4.79 Å². The highest BCUT2D eigenvalue weighted by atomic mass is 16.1. The predicted molar refractivity (Wildman–Crippen MR) is 43.3 cm³/mol. The van der Waals surface area contributed by atoms with Crippen LogP contribution >= 0.6 is 0 Å². The number of hydrogen-bond acceptors (Lipinski definition) is 2. The molecule has 0 aromatic carbocycles. The fraction of sp³-hybridized carbons (Fsp3) is 0.889. The van der Waals surface area contributed by atoms with Crippen LogP contribution in [-0.4, -0.2) is 18.9 Å². The van der Waals surface area contributed by atoms with Crippen molar-refractivity contribution in [1.29, 1.82) is 0 Å². The molecule has 62 valence electrons. The van der Waals surface area contributed by atoms with Gasteiger partial charge in [-0.25, -0.2) is 0 Å². The van der Waals surface area contributed by atoms with E-state index in [0.717, 1.165) is 37.8 Å². The standard InChI is InChI=1S/C9H15NO/c11-9-5-8(6-9)7-1-3-10-4-2-7/h7-8,10H,1-6H2. The summed E-state index contributed by atoms with van der Waals surface area (Å²) in [5.74, 6) is 2.09. The highest BCUT2D eigenvalue weighted by molar-refractivity contribution is 5.84. The van der Waals surface area contributed by atoms with E-state index in [1.165, 1.54) is 12.8 Å². The third kappa shape index (κ3) is 1.45. The Labute approximate surface area is 67.4 Å². The molecule has 1 N–H and O–H groups in total. The number of rotatable bonds is 1. The number of carbonyl (C=O) groups excluding carboxylic acids is 1. The zero-order chi connectivity index (χ0) is 7.68. The Morgan fingerprint density at radius 2 is 1.73 bits per heavy atom. The average Bonchev–Trinajstić information content (AvgIpc) is 2.01. The summed E-state index contributed by atoms with van der Waals surface area (Å²) in [6.07, 6.45) is 4.34. The van der Waals surface area contributed by atoms with Crippen molar-refractivity contribution >= 4 is 5.78 Å². The summed E-state index contributed by atoms with van der Waals surface area (Å²) in [5, 5.41) is 3.34. The van der Waals surface area contributed by atoms with Gasteiger partial charge in [0.1, 0.15) is 5.78 Å². The van der Waals surface area contributed by atoms with Crippen molar-refractivity contribution in [1.82, 2.24) is 5.32 Å². The van der Waals surface area contributed by atoms with Gasteiger partial charge in [-0.1, -0.05) is 0 Å². The number of carbonyl (C=O) groups is 1. The minimum atomic E-state index is 0.480. The molecule has 0 radical (unpaired) electrons. The molecule has 11 heavy (non-hydrogen) atoms. The zero-order valence-corrected chi connectivity index (χ0v) is 6.81. The van der Waals surface area contributed by atoms with E-state index in [1.54, 1.807) is 0 Å². The lowest BCUT2D eigenvalue weighted by Crippen LogP contribution is -2.37. The van der Waals surface area contributed by atoms with Gasteiger partial charge in [0.2, 0.25) is 0 Å². The second kappa shape index (κ2) is 2.94. The zero-order valence-electron chi connectivity index (χ0n) is 6.81. The molecule has 0 spiro atoms. The van der Waals surface area contributed by atoms with E-state index in [1.807, 2.05) is 0 Å². The SMILES string of the molecule is O=C1CC(C2CCNCC2)C1. The van der Waals surface area contributed by atoms with Gasteiger partial charge >= 0.3 is 0 Å². The molecule has 2 heteroatoms. The van der Waals surface area contributed by atoms with E-state index in [-0.39, 0.29) is 0 Å². The van der Waals surface area contributed by atoms with Gasteiger partial charge in [-0.05, 0) is 37.8 Å². The maximum atomic E-state index is 10.7. The first kappa shape index (κ1) is 7.29. The van der Waals surface area contributed by atoms with Crippen LogP contribution in [0.3, 0.4) is 0 Å². The Balaban J connectivity index is 1.80. The highest BCUT2D eigenvalue weighted by Crippen LogP contribution is 2.35. The number of Topliss-reactive ketones (excluding diaryl/α,β-unsaturated/α-hetero) is 1. The van der Waals surface area contributed by atoms with Crippen molar-refractivity contribution in [2.45, 2.75) is 25.7 Å². The molecular weight excluding hydrogens is 138 g/mol. The second-order valence-electron chi connectivity index (χ2n) is 3.79. The summed E-state index contributed by atoms with van der Waals surface area (Å²) in [7, 11) is 0. The minimum absolute atomic E-state index is 0.480. The third-order valence-electron chi connectivity index (χ3n) is 3.03. The molecule has 1 heterocycles. The lowest BCUT2D eigenvalue weighted by molar-refractivity contribution is -0.128. The first-order valence-corrected chi connectivity index (χ1v) is 4.58. The molecule has 0 unspecified atom stereocenters. The van der Waals surface area contributed by atoms with Crippen LogP contribution in [0.25, 0.3) is 0 Å². The number of ketones is 1. The van der Waals surface area contributed by atoms with E-state index < -0.39 is 0 Å². The fourth-order valence-electron chi connectivity index (χ4n) is 2.17. The Kier molecular flexibility index (Phi) is 1.95.